The van der Waals surface area contributed by atoms with E-state index in [9.17, 15) is 8.78 Å². The number of benzene rings is 1. The summed E-state index contributed by atoms with van der Waals surface area (Å²) in [4.78, 5) is 0. The highest BCUT2D eigenvalue weighted by Crippen LogP contribution is 2.44. The summed E-state index contributed by atoms with van der Waals surface area (Å²) < 4.78 is 60.3. The van der Waals surface area contributed by atoms with Crippen molar-refractivity contribution in [1.82, 2.24) is 0 Å². The molecule has 0 atom stereocenters. The molecule has 0 N–H and O–H groups in total. The Morgan fingerprint density at radius 1 is 0.957 bits per heavy atom. The Labute approximate surface area is 144 Å². The fourth-order valence-corrected chi connectivity index (χ4v) is 4.05. The summed E-state index contributed by atoms with van der Waals surface area (Å²) in [6, 6.07) is 4.13. The van der Waals surface area contributed by atoms with E-state index in [4.69, 9.17) is 5.48 Å². The van der Waals surface area contributed by atoms with Gasteiger partial charge in [-0.3, -0.25) is 0 Å². The average molecular weight is 322 g/mol. The van der Waals surface area contributed by atoms with Crippen LogP contribution in [0.4, 0.5) is 8.78 Å². The van der Waals surface area contributed by atoms with Crippen molar-refractivity contribution in [3.63, 3.8) is 0 Å². The van der Waals surface area contributed by atoms with E-state index in [1.54, 1.807) is 25.1 Å². The molecule has 0 spiro atoms. The van der Waals surface area contributed by atoms with Crippen LogP contribution in [0, 0.1) is 29.4 Å². The van der Waals surface area contributed by atoms with Gasteiger partial charge in [-0.15, -0.1) is 0 Å². The van der Waals surface area contributed by atoms with Gasteiger partial charge in [-0.1, -0.05) is 18.2 Å². The van der Waals surface area contributed by atoms with Crippen molar-refractivity contribution in [2.24, 2.45) is 17.8 Å². The monoisotopic (exact) mass is 322 g/mol. The van der Waals surface area contributed by atoms with Gasteiger partial charge in [-0.2, -0.15) is 0 Å². The Hall–Kier alpha value is -1.18. The summed E-state index contributed by atoms with van der Waals surface area (Å²) >= 11 is 0. The van der Waals surface area contributed by atoms with Crippen LogP contribution < -0.4 is 0 Å². The van der Waals surface area contributed by atoms with E-state index in [1.807, 2.05) is 0 Å². The van der Waals surface area contributed by atoms with E-state index in [2.05, 4.69) is 0 Å². The predicted molar refractivity (Wildman–Crippen MR) is 91.3 cm³/mol. The van der Waals surface area contributed by atoms with E-state index in [1.165, 1.54) is 12.1 Å². The molecule has 0 aromatic heterocycles. The van der Waals surface area contributed by atoms with Gasteiger partial charge in [-0.05, 0) is 99.6 Å². The highest BCUT2D eigenvalue weighted by Gasteiger charge is 2.30. The Kier molecular flexibility index (Phi) is 4.03. The molecular weight excluding hydrogens is 290 g/mol. The lowest BCUT2D eigenvalue weighted by Gasteiger charge is -2.37. The molecule has 0 radical (unpaired) electrons. The molecule has 0 bridgehead atoms. The van der Waals surface area contributed by atoms with Gasteiger partial charge in [0.15, 0.2) is 11.6 Å². The van der Waals surface area contributed by atoms with E-state index in [-0.39, 0.29) is 11.8 Å². The van der Waals surface area contributed by atoms with E-state index in [0.717, 1.165) is 31.2 Å². The van der Waals surface area contributed by atoms with Crippen molar-refractivity contribution in [3.8, 4) is 0 Å². The maximum atomic E-state index is 13.5. The molecule has 2 aliphatic carbocycles. The summed E-state index contributed by atoms with van der Waals surface area (Å²) in [5, 5.41) is 0. The fourth-order valence-electron chi connectivity index (χ4n) is 4.05. The highest BCUT2D eigenvalue weighted by molar-refractivity contribution is 5.22. The lowest BCUT2D eigenvalue weighted by molar-refractivity contribution is 0.171. The highest BCUT2D eigenvalue weighted by atomic mass is 19.2. The van der Waals surface area contributed by atoms with E-state index in [0.29, 0.717) is 18.8 Å². The first-order chi connectivity index (χ1) is 12.6. The molecule has 3 rings (SSSR count). The maximum Gasteiger partial charge on any atom is 0.159 e. The maximum absolute atomic E-state index is 13.5. The van der Waals surface area contributed by atoms with Gasteiger partial charge < -0.3 is 0 Å². The molecule has 0 heterocycles. The summed E-state index contributed by atoms with van der Waals surface area (Å²) in [6.07, 6.45) is 4.59. The van der Waals surface area contributed by atoms with Crippen LogP contribution in [-0.2, 0) is 0 Å². The van der Waals surface area contributed by atoms with Crippen LogP contribution in [0.15, 0.2) is 30.4 Å². The van der Waals surface area contributed by atoms with Crippen LogP contribution in [0.5, 0.6) is 0 Å². The van der Waals surface area contributed by atoms with Crippen molar-refractivity contribution in [1.29, 1.82) is 0 Å². The average Bonchev–Trinajstić information content (AvgIpc) is 2.60. The summed E-state index contributed by atoms with van der Waals surface area (Å²) in [5.41, 5.74) is 0.829. The zero-order valence-electron chi connectivity index (χ0n) is 17.7. The topological polar surface area (TPSA) is 0 Å². The summed E-state index contributed by atoms with van der Waals surface area (Å²) in [6.45, 7) is 1.80. The fraction of sp³-hybridized carbons (Fsp3) is 0.619. The largest absolute Gasteiger partial charge is 0.204 e. The third kappa shape index (κ3) is 4.02. The number of halogens is 2. The molecule has 1 aromatic rings. The zero-order valence-corrected chi connectivity index (χ0v) is 13.7. The van der Waals surface area contributed by atoms with Gasteiger partial charge in [-0.25, -0.2) is 8.78 Å². The first kappa shape index (κ1) is 12.2. The first-order valence-electron chi connectivity index (χ1n) is 10.7. The molecule has 2 aliphatic rings. The lowest BCUT2D eigenvalue weighted by atomic mass is 9.68. The number of hydrogen-bond acceptors (Lipinski definition) is 0. The van der Waals surface area contributed by atoms with Crippen molar-refractivity contribution in [3.05, 3.63) is 47.5 Å². The van der Waals surface area contributed by atoms with Gasteiger partial charge in [0.1, 0.15) is 0 Å². The van der Waals surface area contributed by atoms with Crippen LogP contribution in [0.3, 0.4) is 0 Å². The van der Waals surface area contributed by atoms with Crippen LogP contribution in [0.25, 0.3) is 0 Å². The molecule has 1 aromatic carbocycles. The summed E-state index contributed by atoms with van der Waals surface area (Å²) in [7, 11) is 0. The third-order valence-corrected chi connectivity index (χ3v) is 5.44. The Bertz CT molecular complexity index is 675. The minimum absolute atomic E-state index is 0.0300. The Balaban J connectivity index is 1.66. The van der Waals surface area contributed by atoms with E-state index < -0.39 is 30.3 Å². The van der Waals surface area contributed by atoms with Gasteiger partial charge in [0, 0.05) is 5.48 Å². The normalized spacial score (nSPS) is 39.3. The lowest BCUT2D eigenvalue weighted by Crippen LogP contribution is -2.25. The van der Waals surface area contributed by atoms with Crippen molar-refractivity contribution in [2.45, 2.75) is 64.1 Å². The number of hydrogen-bond donors (Lipinski definition) is 0. The second-order valence-corrected chi connectivity index (χ2v) is 6.87. The second-order valence-electron chi connectivity index (χ2n) is 6.87. The molecule has 2 saturated carbocycles. The third-order valence-electron chi connectivity index (χ3n) is 5.44. The standard InChI is InChI=1S/C21H28F2/c1-2-3-15-4-6-16(7-5-15)17-8-10-18(11-9-17)19-12-13-20(22)21(23)14-19/h2-3,12-18H,4-11H2,1H3/b3-2-/t15-,16-,17?,18?/i4D2,5D2. The molecule has 0 amide bonds. The van der Waals surface area contributed by atoms with Crippen LogP contribution >= 0.6 is 0 Å². The SMILES string of the molecule is [2H]C1([2H])C[C@H](C2CCC(c3ccc(F)c(F)c3)CC2)CC([2H])([2H])[C@H]1/C=C\C. The Morgan fingerprint density at radius 2 is 1.61 bits per heavy atom. The van der Waals surface area contributed by atoms with Gasteiger partial charge in [0.2, 0.25) is 0 Å². The minimum Gasteiger partial charge on any atom is -0.204 e. The van der Waals surface area contributed by atoms with Crippen LogP contribution in [0.2, 0.25) is 0 Å². The van der Waals surface area contributed by atoms with Crippen LogP contribution in [0.1, 0.15) is 75.2 Å². The number of allylic oxidation sites excluding steroid dienone is 2. The van der Waals surface area contributed by atoms with Gasteiger partial charge in [0.05, 0.1) is 0 Å². The zero-order chi connectivity index (χ0) is 19.8. The molecule has 2 fully saturated rings. The quantitative estimate of drug-likeness (QED) is 0.548. The van der Waals surface area contributed by atoms with Crippen molar-refractivity contribution >= 4 is 0 Å². The minimum atomic E-state index is -1.55. The van der Waals surface area contributed by atoms with Crippen molar-refractivity contribution in [2.75, 3.05) is 0 Å². The van der Waals surface area contributed by atoms with Crippen LogP contribution in [-0.4, -0.2) is 0 Å². The molecule has 0 aliphatic heterocycles. The Morgan fingerprint density at radius 3 is 2.22 bits per heavy atom. The molecule has 0 unspecified atom stereocenters. The number of rotatable bonds is 3. The first-order valence-corrected chi connectivity index (χ1v) is 8.72. The smallest absolute Gasteiger partial charge is 0.159 e. The van der Waals surface area contributed by atoms with Gasteiger partial charge >= 0.3 is 0 Å². The second kappa shape index (κ2) is 7.59. The summed E-state index contributed by atoms with van der Waals surface area (Å²) in [5.74, 6) is -1.81. The molecule has 0 nitrogen and oxygen atoms in total. The molecule has 23 heavy (non-hydrogen) atoms. The van der Waals surface area contributed by atoms with Gasteiger partial charge in [0.25, 0.3) is 0 Å². The van der Waals surface area contributed by atoms with Crippen molar-refractivity contribution < 1.29 is 14.3 Å². The van der Waals surface area contributed by atoms with E-state index >= 15 is 0 Å². The predicted octanol–water partition coefficient (Wildman–Crippen LogP) is 6.62. The molecule has 0 saturated heterocycles. The molecular formula is C21H28F2. The molecule has 2 heteroatoms. The molecule has 126 valence electrons.